The molecule has 92 valence electrons. The molecule has 0 fully saturated rings. The van der Waals surface area contributed by atoms with Crippen LogP contribution < -0.4 is 5.32 Å². The molecule has 2 rings (SSSR count). The SMILES string of the molecule is Cc1ccnc(NC(C)Cc2ccco2)c1C#N. The van der Waals surface area contributed by atoms with Gasteiger partial charge in [0.15, 0.2) is 0 Å². The number of rotatable bonds is 4. The molecule has 0 aromatic carbocycles. The van der Waals surface area contributed by atoms with Gasteiger partial charge in [-0.3, -0.25) is 0 Å². The molecule has 4 heteroatoms. The van der Waals surface area contributed by atoms with Gasteiger partial charge in [-0.05, 0) is 37.6 Å². The Labute approximate surface area is 106 Å². The zero-order valence-corrected chi connectivity index (χ0v) is 10.5. The highest BCUT2D eigenvalue weighted by atomic mass is 16.3. The number of furan rings is 1. The minimum atomic E-state index is 0.151. The topological polar surface area (TPSA) is 61.9 Å². The Bertz CT molecular complexity index is 555. The van der Waals surface area contributed by atoms with Crippen LogP contribution in [0.3, 0.4) is 0 Å². The summed E-state index contributed by atoms with van der Waals surface area (Å²) in [6.07, 6.45) is 4.12. The molecule has 0 aliphatic rings. The average molecular weight is 241 g/mol. The summed E-state index contributed by atoms with van der Waals surface area (Å²) in [5.41, 5.74) is 1.53. The number of nitrogens with one attached hydrogen (secondary N) is 1. The molecule has 0 radical (unpaired) electrons. The molecule has 0 amide bonds. The summed E-state index contributed by atoms with van der Waals surface area (Å²) in [6.45, 7) is 3.94. The van der Waals surface area contributed by atoms with Crippen LogP contribution in [0.4, 0.5) is 5.82 Å². The van der Waals surface area contributed by atoms with E-state index in [2.05, 4.69) is 16.4 Å². The van der Waals surface area contributed by atoms with E-state index in [1.54, 1.807) is 12.5 Å². The quantitative estimate of drug-likeness (QED) is 0.894. The third-order valence-corrected chi connectivity index (χ3v) is 2.74. The summed E-state index contributed by atoms with van der Waals surface area (Å²) >= 11 is 0. The van der Waals surface area contributed by atoms with Crippen LogP contribution in [0, 0.1) is 18.3 Å². The summed E-state index contributed by atoms with van der Waals surface area (Å²) in [5.74, 6) is 1.55. The molecule has 0 saturated heterocycles. The number of nitrogens with zero attached hydrogens (tertiary/aromatic N) is 2. The third-order valence-electron chi connectivity index (χ3n) is 2.74. The van der Waals surface area contributed by atoms with E-state index >= 15 is 0 Å². The second kappa shape index (κ2) is 5.37. The standard InChI is InChI=1S/C14H15N3O/c1-10-5-6-16-14(13(10)9-15)17-11(2)8-12-4-3-7-18-12/h3-7,11H,8H2,1-2H3,(H,16,17). The number of nitriles is 1. The minimum absolute atomic E-state index is 0.151. The molecule has 2 aromatic heterocycles. The molecule has 0 bridgehead atoms. The van der Waals surface area contributed by atoms with Crippen LogP contribution >= 0.6 is 0 Å². The first-order chi connectivity index (χ1) is 8.70. The number of aromatic nitrogens is 1. The van der Waals surface area contributed by atoms with E-state index in [-0.39, 0.29) is 6.04 Å². The Morgan fingerprint density at radius 3 is 3.00 bits per heavy atom. The van der Waals surface area contributed by atoms with Gasteiger partial charge in [-0.25, -0.2) is 4.98 Å². The van der Waals surface area contributed by atoms with Crippen molar-refractivity contribution in [3.63, 3.8) is 0 Å². The smallest absolute Gasteiger partial charge is 0.144 e. The van der Waals surface area contributed by atoms with Crippen molar-refractivity contribution in [2.45, 2.75) is 26.3 Å². The summed E-state index contributed by atoms with van der Waals surface area (Å²) in [7, 11) is 0. The molecule has 2 aromatic rings. The van der Waals surface area contributed by atoms with E-state index in [0.29, 0.717) is 11.4 Å². The zero-order valence-electron chi connectivity index (χ0n) is 10.5. The molecule has 1 unspecified atom stereocenters. The molecular weight excluding hydrogens is 226 g/mol. The number of anilines is 1. The molecule has 0 aliphatic carbocycles. The molecule has 0 saturated carbocycles. The lowest BCUT2D eigenvalue weighted by Crippen LogP contribution is -2.19. The van der Waals surface area contributed by atoms with E-state index < -0.39 is 0 Å². The van der Waals surface area contributed by atoms with Gasteiger partial charge in [0.2, 0.25) is 0 Å². The van der Waals surface area contributed by atoms with Crippen molar-refractivity contribution in [1.29, 1.82) is 5.26 Å². The fourth-order valence-electron chi connectivity index (χ4n) is 1.82. The monoisotopic (exact) mass is 241 g/mol. The summed E-state index contributed by atoms with van der Waals surface area (Å²) in [5, 5.41) is 12.4. The Morgan fingerprint density at radius 2 is 2.33 bits per heavy atom. The van der Waals surface area contributed by atoms with Crippen molar-refractivity contribution in [2.24, 2.45) is 0 Å². The maximum absolute atomic E-state index is 9.12. The molecular formula is C14H15N3O. The number of aryl methyl sites for hydroxylation is 1. The Kier molecular flexibility index (Phi) is 3.63. The van der Waals surface area contributed by atoms with Gasteiger partial charge in [0, 0.05) is 18.7 Å². The van der Waals surface area contributed by atoms with Crippen LogP contribution in [0.25, 0.3) is 0 Å². The predicted molar refractivity (Wildman–Crippen MR) is 69.2 cm³/mol. The summed E-state index contributed by atoms with van der Waals surface area (Å²) in [6, 6.07) is 7.97. The summed E-state index contributed by atoms with van der Waals surface area (Å²) < 4.78 is 5.30. The van der Waals surface area contributed by atoms with Crippen molar-refractivity contribution in [3.05, 3.63) is 47.5 Å². The number of hydrogen-bond donors (Lipinski definition) is 1. The van der Waals surface area contributed by atoms with Gasteiger partial charge < -0.3 is 9.73 Å². The average Bonchev–Trinajstić information content (AvgIpc) is 2.82. The van der Waals surface area contributed by atoms with E-state index in [0.717, 1.165) is 17.7 Å². The Morgan fingerprint density at radius 1 is 1.50 bits per heavy atom. The number of hydrogen-bond acceptors (Lipinski definition) is 4. The van der Waals surface area contributed by atoms with E-state index in [1.807, 2.05) is 32.0 Å². The second-order valence-electron chi connectivity index (χ2n) is 4.29. The van der Waals surface area contributed by atoms with Crippen molar-refractivity contribution < 1.29 is 4.42 Å². The highest BCUT2D eigenvalue weighted by Gasteiger charge is 2.11. The van der Waals surface area contributed by atoms with Crippen LogP contribution in [0.5, 0.6) is 0 Å². The van der Waals surface area contributed by atoms with Crippen molar-refractivity contribution in [3.8, 4) is 6.07 Å². The summed E-state index contributed by atoms with van der Waals surface area (Å²) in [4.78, 5) is 4.22. The highest BCUT2D eigenvalue weighted by molar-refractivity contribution is 5.55. The lowest BCUT2D eigenvalue weighted by Gasteiger charge is -2.14. The minimum Gasteiger partial charge on any atom is -0.469 e. The van der Waals surface area contributed by atoms with Crippen LogP contribution in [0.2, 0.25) is 0 Å². The van der Waals surface area contributed by atoms with Crippen molar-refractivity contribution in [2.75, 3.05) is 5.32 Å². The fourth-order valence-corrected chi connectivity index (χ4v) is 1.82. The Balaban J connectivity index is 2.10. The largest absolute Gasteiger partial charge is 0.469 e. The first kappa shape index (κ1) is 12.2. The van der Waals surface area contributed by atoms with Gasteiger partial charge in [-0.2, -0.15) is 5.26 Å². The molecule has 0 aliphatic heterocycles. The van der Waals surface area contributed by atoms with E-state index in [4.69, 9.17) is 9.68 Å². The van der Waals surface area contributed by atoms with Gasteiger partial charge in [0.1, 0.15) is 17.6 Å². The van der Waals surface area contributed by atoms with Gasteiger partial charge in [-0.1, -0.05) is 0 Å². The van der Waals surface area contributed by atoms with Gasteiger partial charge in [0.25, 0.3) is 0 Å². The molecule has 2 heterocycles. The molecule has 1 atom stereocenters. The molecule has 0 spiro atoms. The molecule has 1 N–H and O–H groups in total. The lowest BCUT2D eigenvalue weighted by molar-refractivity contribution is 0.497. The van der Waals surface area contributed by atoms with Crippen molar-refractivity contribution >= 4 is 5.82 Å². The Hall–Kier alpha value is -2.28. The zero-order chi connectivity index (χ0) is 13.0. The van der Waals surface area contributed by atoms with E-state index in [1.165, 1.54) is 0 Å². The van der Waals surface area contributed by atoms with Crippen LogP contribution in [0.1, 0.15) is 23.8 Å². The normalized spacial score (nSPS) is 11.8. The highest BCUT2D eigenvalue weighted by Crippen LogP contribution is 2.17. The van der Waals surface area contributed by atoms with Crippen LogP contribution in [0.15, 0.2) is 35.1 Å². The lowest BCUT2D eigenvalue weighted by atomic mass is 10.1. The van der Waals surface area contributed by atoms with E-state index in [9.17, 15) is 0 Å². The maximum Gasteiger partial charge on any atom is 0.144 e. The predicted octanol–water partition coefficient (Wildman–Crippen LogP) is 2.90. The van der Waals surface area contributed by atoms with Crippen LogP contribution in [-0.2, 0) is 6.42 Å². The van der Waals surface area contributed by atoms with Gasteiger partial charge in [-0.15, -0.1) is 0 Å². The first-order valence-electron chi connectivity index (χ1n) is 5.85. The van der Waals surface area contributed by atoms with Crippen molar-refractivity contribution in [1.82, 2.24) is 4.98 Å². The molecule has 4 nitrogen and oxygen atoms in total. The maximum atomic E-state index is 9.12. The van der Waals surface area contributed by atoms with Gasteiger partial charge in [0.05, 0.1) is 11.8 Å². The number of pyridine rings is 1. The first-order valence-corrected chi connectivity index (χ1v) is 5.85. The van der Waals surface area contributed by atoms with Gasteiger partial charge >= 0.3 is 0 Å². The van der Waals surface area contributed by atoms with Crippen LogP contribution in [-0.4, -0.2) is 11.0 Å². The third kappa shape index (κ3) is 2.69. The fraction of sp³-hybridized carbons (Fsp3) is 0.286. The molecule has 18 heavy (non-hydrogen) atoms. The second-order valence-corrected chi connectivity index (χ2v) is 4.29.